The van der Waals surface area contributed by atoms with Crippen LogP contribution in [0, 0.1) is 0 Å². The van der Waals surface area contributed by atoms with E-state index in [1.807, 2.05) is 13.0 Å². The first kappa shape index (κ1) is 18.2. The summed E-state index contributed by atoms with van der Waals surface area (Å²) in [4.78, 5) is 28.1. The molecule has 0 saturated carbocycles. The van der Waals surface area contributed by atoms with E-state index in [-0.39, 0.29) is 12.2 Å². The monoisotopic (exact) mass is 365 g/mol. The summed E-state index contributed by atoms with van der Waals surface area (Å²) in [7, 11) is 0. The number of aliphatic hydroxyl groups is 1. The summed E-state index contributed by atoms with van der Waals surface area (Å²) in [5.41, 5.74) is 1.63. The van der Waals surface area contributed by atoms with Crippen molar-refractivity contribution in [1.29, 1.82) is 0 Å². The SMILES string of the molecule is CCNc1nc(/C=C(\O)c2cccnc2)nc2nc(CCC(=O)O)ccc12. The smallest absolute Gasteiger partial charge is 0.303 e. The average Bonchev–Trinajstić information content (AvgIpc) is 2.67. The molecule has 0 fully saturated rings. The molecular formula is C19H19N5O3. The molecule has 3 N–H and O–H groups in total. The Morgan fingerprint density at radius 1 is 1.19 bits per heavy atom. The molecule has 0 bridgehead atoms. The highest BCUT2D eigenvalue weighted by Crippen LogP contribution is 2.22. The molecule has 0 radical (unpaired) electrons. The lowest BCUT2D eigenvalue weighted by molar-refractivity contribution is -0.136. The molecule has 3 heterocycles. The second kappa shape index (κ2) is 8.22. The van der Waals surface area contributed by atoms with Crippen molar-refractivity contribution >= 4 is 34.7 Å². The van der Waals surface area contributed by atoms with Gasteiger partial charge in [-0.05, 0) is 31.2 Å². The highest BCUT2D eigenvalue weighted by molar-refractivity contribution is 5.88. The summed E-state index contributed by atoms with van der Waals surface area (Å²) in [6, 6.07) is 7.05. The molecule has 0 aliphatic carbocycles. The molecule has 0 aliphatic heterocycles. The van der Waals surface area contributed by atoms with E-state index in [0.717, 1.165) is 5.39 Å². The van der Waals surface area contributed by atoms with E-state index in [9.17, 15) is 9.90 Å². The van der Waals surface area contributed by atoms with Crippen LogP contribution in [0.4, 0.5) is 5.82 Å². The zero-order valence-corrected chi connectivity index (χ0v) is 14.8. The van der Waals surface area contributed by atoms with E-state index >= 15 is 0 Å². The Morgan fingerprint density at radius 3 is 2.74 bits per heavy atom. The largest absolute Gasteiger partial charge is 0.507 e. The molecule has 3 rings (SSSR count). The first-order valence-electron chi connectivity index (χ1n) is 8.51. The lowest BCUT2D eigenvalue weighted by Gasteiger charge is -2.09. The van der Waals surface area contributed by atoms with E-state index in [1.54, 1.807) is 30.6 Å². The number of hydrogen-bond donors (Lipinski definition) is 3. The van der Waals surface area contributed by atoms with Gasteiger partial charge in [-0.25, -0.2) is 15.0 Å². The van der Waals surface area contributed by atoms with Crippen LogP contribution in [0.15, 0.2) is 36.7 Å². The number of pyridine rings is 2. The first-order chi connectivity index (χ1) is 13.1. The van der Waals surface area contributed by atoms with Gasteiger partial charge in [0.05, 0.1) is 11.8 Å². The van der Waals surface area contributed by atoms with E-state index < -0.39 is 5.97 Å². The number of carboxylic acids is 1. The van der Waals surface area contributed by atoms with Crippen molar-refractivity contribution in [1.82, 2.24) is 19.9 Å². The van der Waals surface area contributed by atoms with E-state index in [0.29, 0.717) is 41.5 Å². The number of nitrogens with zero attached hydrogens (tertiary/aromatic N) is 4. The van der Waals surface area contributed by atoms with Crippen molar-refractivity contribution in [2.24, 2.45) is 0 Å². The number of fused-ring (bicyclic) bond motifs is 1. The standard InChI is InChI=1S/C19H19N5O3/c1-2-21-18-14-7-5-13(6-8-17(26)27)22-19(14)24-16(23-18)10-15(25)12-4-3-9-20-11-12/h3-5,7,9-11,25H,2,6,8H2,1H3,(H,26,27)(H,21,22,23,24)/b15-10-. The Morgan fingerprint density at radius 2 is 2.04 bits per heavy atom. The summed E-state index contributed by atoms with van der Waals surface area (Å²) in [6.07, 6.45) is 4.93. The number of nitrogens with one attached hydrogen (secondary N) is 1. The van der Waals surface area contributed by atoms with Gasteiger partial charge in [-0.1, -0.05) is 0 Å². The van der Waals surface area contributed by atoms with Gasteiger partial charge in [-0.2, -0.15) is 0 Å². The van der Waals surface area contributed by atoms with Crippen LogP contribution in [-0.4, -0.2) is 42.7 Å². The summed E-state index contributed by atoms with van der Waals surface area (Å²) >= 11 is 0. The molecule has 0 aromatic carbocycles. The number of aliphatic hydroxyl groups excluding tert-OH is 1. The highest BCUT2D eigenvalue weighted by atomic mass is 16.4. The van der Waals surface area contributed by atoms with Crippen LogP contribution >= 0.6 is 0 Å². The average molecular weight is 365 g/mol. The third-order valence-electron chi connectivity index (χ3n) is 3.80. The maximum atomic E-state index is 10.8. The van der Waals surface area contributed by atoms with Crippen molar-refractivity contribution in [3.05, 3.63) is 53.7 Å². The number of anilines is 1. The molecular weight excluding hydrogens is 346 g/mol. The van der Waals surface area contributed by atoms with Gasteiger partial charge in [0.2, 0.25) is 0 Å². The molecule has 27 heavy (non-hydrogen) atoms. The minimum absolute atomic E-state index is 0.00177. The fraction of sp³-hybridized carbons (Fsp3) is 0.211. The molecule has 8 nitrogen and oxygen atoms in total. The molecule has 0 saturated heterocycles. The number of carboxylic acid groups (broad SMARTS) is 1. The second-order valence-corrected chi connectivity index (χ2v) is 5.80. The Hall–Kier alpha value is -3.55. The van der Waals surface area contributed by atoms with Gasteiger partial charge in [0, 0.05) is 42.7 Å². The van der Waals surface area contributed by atoms with Crippen molar-refractivity contribution in [2.75, 3.05) is 11.9 Å². The van der Waals surface area contributed by atoms with Crippen molar-refractivity contribution in [3.63, 3.8) is 0 Å². The Kier molecular flexibility index (Phi) is 5.55. The van der Waals surface area contributed by atoms with E-state index in [2.05, 4.69) is 25.3 Å². The third kappa shape index (κ3) is 4.55. The minimum atomic E-state index is -0.877. The molecule has 3 aromatic heterocycles. The Bertz CT molecular complexity index is 989. The number of aromatic nitrogens is 4. The van der Waals surface area contributed by atoms with Gasteiger partial charge in [0.25, 0.3) is 0 Å². The van der Waals surface area contributed by atoms with Gasteiger partial charge in [-0.3, -0.25) is 9.78 Å². The maximum Gasteiger partial charge on any atom is 0.303 e. The second-order valence-electron chi connectivity index (χ2n) is 5.80. The molecule has 0 aliphatic rings. The number of carbonyl (C=O) groups is 1. The zero-order valence-electron chi connectivity index (χ0n) is 14.8. The topological polar surface area (TPSA) is 121 Å². The summed E-state index contributed by atoms with van der Waals surface area (Å²) in [6.45, 7) is 2.61. The summed E-state index contributed by atoms with van der Waals surface area (Å²) in [5.74, 6) is 0.0116. The zero-order chi connectivity index (χ0) is 19.2. The number of aryl methyl sites for hydroxylation is 1. The van der Waals surface area contributed by atoms with Crippen LogP contribution in [0.1, 0.15) is 30.4 Å². The van der Waals surface area contributed by atoms with Gasteiger partial charge < -0.3 is 15.5 Å². The van der Waals surface area contributed by atoms with Crippen LogP contribution in [0.2, 0.25) is 0 Å². The van der Waals surface area contributed by atoms with Crippen LogP contribution in [0.3, 0.4) is 0 Å². The fourth-order valence-corrected chi connectivity index (χ4v) is 2.53. The quantitative estimate of drug-likeness (QED) is 0.547. The Balaban J connectivity index is 2.03. The van der Waals surface area contributed by atoms with Crippen LogP contribution < -0.4 is 5.32 Å². The van der Waals surface area contributed by atoms with Crippen LogP contribution in [-0.2, 0) is 11.2 Å². The fourth-order valence-electron chi connectivity index (χ4n) is 2.53. The van der Waals surface area contributed by atoms with Gasteiger partial charge >= 0.3 is 5.97 Å². The van der Waals surface area contributed by atoms with Crippen LogP contribution in [0.25, 0.3) is 22.9 Å². The lowest BCUT2D eigenvalue weighted by atomic mass is 10.2. The first-order valence-corrected chi connectivity index (χ1v) is 8.51. The molecule has 3 aromatic rings. The maximum absolute atomic E-state index is 10.8. The molecule has 138 valence electrons. The normalized spacial score (nSPS) is 11.5. The van der Waals surface area contributed by atoms with E-state index in [4.69, 9.17) is 5.11 Å². The summed E-state index contributed by atoms with van der Waals surface area (Å²) < 4.78 is 0. The molecule has 0 unspecified atom stereocenters. The van der Waals surface area contributed by atoms with Gasteiger partial charge in [0.15, 0.2) is 11.5 Å². The molecule has 0 atom stereocenters. The van der Waals surface area contributed by atoms with Gasteiger partial charge in [-0.15, -0.1) is 0 Å². The predicted molar refractivity (Wildman–Crippen MR) is 102 cm³/mol. The highest BCUT2D eigenvalue weighted by Gasteiger charge is 2.10. The number of rotatable bonds is 7. The third-order valence-corrected chi connectivity index (χ3v) is 3.80. The Labute approximate surface area is 155 Å². The lowest BCUT2D eigenvalue weighted by Crippen LogP contribution is -2.05. The number of aliphatic carboxylic acids is 1. The predicted octanol–water partition coefficient (Wildman–Crippen LogP) is 2.92. The van der Waals surface area contributed by atoms with Crippen LogP contribution in [0.5, 0.6) is 0 Å². The molecule has 8 heteroatoms. The molecule has 0 spiro atoms. The minimum Gasteiger partial charge on any atom is -0.507 e. The van der Waals surface area contributed by atoms with Crippen molar-refractivity contribution in [2.45, 2.75) is 19.8 Å². The number of hydrogen-bond acceptors (Lipinski definition) is 7. The van der Waals surface area contributed by atoms with E-state index in [1.165, 1.54) is 6.08 Å². The van der Waals surface area contributed by atoms with Gasteiger partial charge in [0.1, 0.15) is 11.6 Å². The molecule has 0 amide bonds. The van der Waals surface area contributed by atoms with Crippen molar-refractivity contribution < 1.29 is 15.0 Å². The summed E-state index contributed by atoms with van der Waals surface area (Å²) in [5, 5.41) is 23.0. The van der Waals surface area contributed by atoms with Crippen molar-refractivity contribution in [3.8, 4) is 0 Å².